The van der Waals surface area contributed by atoms with Crippen LogP contribution in [0.25, 0.3) is 5.65 Å². The van der Waals surface area contributed by atoms with E-state index >= 15 is 0 Å². The molecule has 0 radical (unpaired) electrons. The molecule has 0 amide bonds. The van der Waals surface area contributed by atoms with Crippen molar-refractivity contribution in [2.75, 3.05) is 30.4 Å². The zero-order valence-corrected chi connectivity index (χ0v) is 16.3. The normalized spacial score (nSPS) is 14.6. The summed E-state index contributed by atoms with van der Waals surface area (Å²) in [4.78, 5) is 12.4. The third-order valence-corrected chi connectivity index (χ3v) is 5.18. The van der Waals surface area contributed by atoms with Gasteiger partial charge in [0.15, 0.2) is 5.65 Å². The predicted molar refractivity (Wildman–Crippen MR) is 103 cm³/mol. The predicted octanol–water partition coefficient (Wildman–Crippen LogP) is 2.44. The van der Waals surface area contributed by atoms with Crippen molar-refractivity contribution in [3.63, 3.8) is 0 Å². The number of hydrogen-bond acceptors (Lipinski definition) is 5. The Morgan fingerprint density at radius 2 is 2.15 bits per heavy atom. The van der Waals surface area contributed by atoms with Gasteiger partial charge in [-0.15, -0.1) is 0 Å². The average molecular weight is 418 g/mol. The van der Waals surface area contributed by atoms with Crippen LogP contribution in [0, 0.1) is 0 Å². The number of anilines is 2. The molecule has 1 aliphatic heterocycles. The fraction of sp³-hybridized carbons (Fsp3) is 0.389. The van der Waals surface area contributed by atoms with Crippen LogP contribution in [0.5, 0.6) is 0 Å². The third kappa shape index (κ3) is 3.46. The van der Waals surface area contributed by atoms with Crippen molar-refractivity contribution in [1.29, 1.82) is 0 Å². The van der Waals surface area contributed by atoms with Gasteiger partial charge in [0, 0.05) is 42.1 Å². The molecule has 3 aromatic rings. The number of piperidine rings is 1. The summed E-state index contributed by atoms with van der Waals surface area (Å²) in [7, 11) is 1.65. The van der Waals surface area contributed by atoms with E-state index in [4.69, 9.17) is 9.82 Å². The minimum Gasteiger partial charge on any atom is -0.366 e. The maximum absolute atomic E-state index is 5.23. The molecule has 1 aliphatic rings. The van der Waals surface area contributed by atoms with Crippen molar-refractivity contribution in [2.45, 2.75) is 25.8 Å². The maximum atomic E-state index is 5.23. The summed E-state index contributed by atoms with van der Waals surface area (Å²) in [5, 5.41) is 7.94. The van der Waals surface area contributed by atoms with Gasteiger partial charge in [-0.25, -0.2) is 4.98 Å². The van der Waals surface area contributed by atoms with Gasteiger partial charge in [-0.05, 0) is 41.3 Å². The average Bonchev–Trinajstić information content (AvgIpc) is 3.08. The van der Waals surface area contributed by atoms with Crippen molar-refractivity contribution in [3.05, 3.63) is 46.8 Å². The minimum atomic E-state index is 0.667. The van der Waals surface area contributed by atoms with Crippen molar-refractivity contribution in [3.8, 4) is 0 Å². The first-order chi connectivity index (χ1) is 12.7. The Labute approximate surface area is 160 Å². The molecule has 7 nitrogen and oxygen atoms in total. The van der Waals surface area contributed by atoms with Gasteiger partial charge in [0.1, 0.15) is 18.7 Å². The lowest BCUT2D eigenvalue weighted by atomic mass is 10.1. The number of rotatable bonds is 5. The van der Waals surface area contributed by atoms with Crippen LogP contribution >= 0.6 is 15.9 Å². The van der Waals surface area contributed by atoms with Crippen LogP contribution in [0.2, 0.25) is 0 Å². The zero-order chi connectivity index (χ0) is 17.9. The second-order valence-electron chi connectivity index (χ2n) is 6.38. The van der Waals surface area contributed by atoms with Crippen LogP contribution in [0.15, 0.2) is 41.3 Å². The molecule has 0 spiro atoms. The Morgan fingerprint density at radius 1 is 1.31 bits per heavy atom. The van der Waals surface area contributed by atoms with Gasteiger partial charge in [-0.1, -0.05) is 0 Å². The molecule has 0 bridgehead atoms. The standard InChI is InChI=1S/C18H22BrN6O/c1-26-24-9-5-6-14(13-24)11-20-16-10-17(23-7-3-2-4-8-23)22-18-15(19)12-21-25(16)18/h5-6,9-10,12-13,20H,2-4,7-8,11H2,1H3/q+1. The zero-order valence-electron chi connectivity index (χ0n) is 14.7. The van der Waals surface area contributed by atoms with E-state index in [1.54, 1.807) is 18.0 Å². The van der Waals surface area contributed by atoms with E-state index in [9.17, 15) is 0 Å². The largest absolute Gasteiger partial charge is 0.366 e. The highest BCUT2D eigenvalue weighted by Gasteiger charge is 2.17. The molecule has 4 rings (SSSR count). The minimum absolute atomic E-state index is 0.667. The van der Waals surface area contributed by atoms with Gasteiger partial charge >= 0.3 is 0 Å². The molecule has 1 N–H and O–H groups in total. The molecule has 26 heavy (non-hydrogen) atoms. The lowest BCUT2D eigenvalue weighted by Gasteiger charge is -2.28. The molecule has 0 aromatic carbocycles. The Morgan fingerprint density at radius 3 is 2.96 bits per heavy atom. The molecule has 1 fully saturated rings. The van der Waals surface area contributed by atoms with Crippen molar-refractivity contribution in [1.82, 2.24) is 14.6 Å². The molecular weight excluding hydrogens is 396 g/mol. The second kappa shape index (κ2) is 7.49. The Kier molecular flexibility index (Phi) is 4.92. The summed E-state index contributed by atoms with van der Waals surface area (Å²) in [5.41, 5.74) is 1.95. The summed E-state index contributed by atoms with van der Waals surface area (Å²) >= 11 is 3.56. The summed E-state index contributed by atoms with van der Waals surface area (Å²) in [6.07, 6.45) is 9.35. The summed E-state index contributed by atoms with van der Waals surface area (Å²) in [6.45, 7) is 2.78. The summed E-state index contributed by atoms with van der Waals surface area (Å²) in [5.74, 6) is 1.93. The molecule has 0 aliphatic carbocycles. The number of nitrogens with zero attached hydrogens (tertiary/aromatic N) is 5. The molecular formula is C18H22BrN6O+. The van der Waals surface area contributed by atoms with Gasteiger partial charge in [0.05, 0.1) is 10.7 Å². The molecule has 0 unspecified atom stereocenters. The highest BCUT2D eigenvalue weighted by atomic mass is 79.9. The number of pyridine rings is 1. The van der Waals surface area contributed by atoms with Crippen molar-refractivity contribution >= 4 is 33.2 Å². The fourth-order valence-corrected chi connectivity index (χ4v) is 3.59. The Bertz CT molecular complexity index is 906. The van der Waals surface area contributed by atoms with Gasteiger partial charge in [-0.3, -0.25) is 4.84 Å². The Hall–Kier alpha value is -2.35. The lowest BCUT2D eigenvalue weighted by Crippen LogP contribution is -2.40. The van der Waals surface area contributed by atoms with Crippen LogP contribution in [0.4, 0.5) is 11.6 Å². The summed E-state index contributed by atoms with van der Waals surface area (Å²) in [6, 6.07) is 6.11. The number of hydrogen-bond donors (Lipinski definition) is 1. The first-order valence-electron chi connectivity index (χ1n) is 8.82. The number of nitrogens with one attached hydrogen (secondary N) is 1. The monoisotopic (exact) mass is 417 g/mol. The van der Waals surface area contributed by atoms with Gasteiger partial charge in [0.2, 0.25) is 12.4 Å². The van der Waals surface area contributed by atoms with Gasteiger partial charge in [0.25, 0.3) is 0 Å². The first kappa shape index (κ1) is 17.1. The molecule has 3 aromatic heterocycles. The number of aromatic nitrogens is 4. The van der Waals surface area contributed by atoms with E-state index < -0.39 is 0 Å². The molecule has 4 heterocycles. The summed E-state index contributed by atoms with van der Waals surface area (Å²) < 4.78 is 4.42. The smallest absolute Gasteiger partial charge is 0.227 e. The second-order valence-corrected chi connectivity index (χ2v) is 7.24. The van der Waals surface area contributed by atoms with Crippen LogP contribution in [0.1, 0.15) is 24.8 Å². The highest BCUT2D eigenvalue weighted by molar-refractivity contribution is 9.10. The topological polar surface area (TPSA) is 58.6 Å². The van der Waals surface area contributed by atoms with E-state index in [-0.39, 0.29) is 0 Å². The molecule has 0 atom stereocenters. The molecule has 0 saturated carbocycles. The van der Waals surface area contributed by atoms with E-state index in [0.29, 0.717) is 6.54 Å². The Balaban J connectivity index is 1.64. The van der Waals surface area contributed by atoms with E-state index in [0.717, 1.165) is 40.4 Å². The van der Waals surface area contributed by atoms with Gasteiger partial charge < -0.3 is 10.2 Å². The quantitative estimate of drug-likeness (QED) is 0.646. The van der Waals surface area contributed by atoms with Crippen LogP contribution in [-0.4, -0.2) is 34.8 Å². The third-order valence-electron chi connectivity index (χ3n) is 4.62. The number of fused-ring (bicyclic) bond motifs is 1. The van der Waals surface area contributed by atoms with E-state index in [1.807, 2.05) is 23.0 Å². The fourth-order valence-electron chi connectivity index (χ4n) is 3.25. The molecule has 1 saturated heterocycles. The molecule has 136 valence electrons. The van der Waals surface area contributed by atoms with Crippen LogP contribution in [-0.2, 0) is 6.54 Å². The maximum Gasteiger partial charge on any atom is 0.227 e. The van der Waals surface area contributed by atoms with E-state index in [2.05, 4.69) is 43.4 Å². The van der Waals surface area contributed by atoms with E-state index in [1.165, 1.54) is 19.3 Å². The number of halogens is 1. The highest BCUT2D eigenvalue weighted by Crippen LogP contribution is 2.26. The van der Waals surface area contributed by atoms with Crippen molar-refractivity contribution in [2.24, 2.45) is 0 Å². The SMILES string of the molecule is CO[n+]1cccc(CNc2cc(N3CCCCC3)nc3c(Br)cnn23)c1. The first-order valence-corrected chi connectivity index (χ1v) is 9.62. The van der Waals surface area contributed by atoms with Crippen LogP contribution < -0.4 is 19.8 Å². The van der Waals surface area contributed by atoms with Crippen LogP contribution in [0.3, 0.4) is 0 Å². The van der Waals surface area contributed by atoms with Crippen molar-refractivity contribution < 1.29 is 9.57 Å². The van der Waals surface area contributed by atoms with Gasteiger partial charge in [-0.2, -0.15) is 9.61 Å². The lowest BCUT2D eigenvalue weighted by molar-refractivity contribution is -0.885. The molecule has 8 heteroatoms.